The van der Waals surface area contributed by atoms with E-state index in [2.05, 4.69) is 0 Å². The van der Waals surface area contributed by atoms with Crippen LogP contribution in [0.5, 0.6) is 5.75 Å². The first-order valence-corrected chi connectivity index (χ1v) is 10.5. The van der Waals surface area contributed by atoms with Gasteiger partial charge in [0, 0.05) is 16.6 Å². The highest BCUT2D eigenvalue weighted by atomic mass is 35.5. The van der Waals surface area contributed by atoms with Crippen molar-refractivity contribution in [1.29, 1.82) is 0 Å². The van der Waals surface area contributed by atoms with E-state index in [1.165, 1.54) is 0 Å². The predicted octanol–water partition coefficient (Wildman–Crippen LogP) is 5.02. The molecule has 1 aliphatic heterocycles. The second-order valence-electron chi connectivity index (χ2n) is 7.88. The van der Waals surface area contributed by atoms with Crippen LogP contribution in [0.3, 0.4) is 0 Å². The molecule has 1 unspecified atom stereocenters. The van der Waals surface area contributed by atoms with Crippen LogP contribution in [0.25, 0.3) is 5.76 Å². The number of rotatable bonds is 4. The van der Waals surface area contributed by atoms with Gasteiger partial charge >= 0.3 is 0 Å². The number of aliphatic hydroxyl groups excluding tert-OH is 1. The summed E-state index contributed by atoms with van der Waals surface area (Å²) >= 11 is 6.06. The molecule has 1 aliphatic carbocycles. The van der Waals surface area contributed by atoms with Gasteiger partial charge in [-0.2, -0.15) is 0 Å². The van der Waals surface area contributed by atoms with Crippen molar-refractivity contribution in [3.63, 3.8) is 0 Å². The second-order valence-corrected chi connectivity index (χ2v) is 8.32. The minimum absolute atomic E-state index is 0.00923. The van der Waals surface area contributed by atoms with Crippen molar-refractivity contribution in [2.45, 2.75) is 44.7 Å². The fraction of sp³-hybridized carbons (Fsp3) is 0.333. The van der Waals surface area contributed by atoms with Crippen LogP contribution in [0, 0.1) is 6.92 Å². The number of hydrogen-bond acceptors (Lipinski definition) is 4. The van der Waals surface area contributed by atoms with Crippen LogP contribution in [0.2, 0.25) is 5.02 Å². The SMILES string of the molecule is COc1ccc(/C(O)=C2/C(=O)C(=O)N(C3CCCC3)C2c2ccc(Cl)cc2)cc1C. The molecule has 4 rings (SSSR count). The Morgan fingerprint density at radius 2 is 1.77 bits per heavy atom. The Morgan fingerprint density at radius 1 is 1.10 bits per heavy atom. The number of aryl methyl sites for hydroxylation is 1. The van der Waals surface area contributed by atoms with E-state index in [9.17, 15) is 14.7 Å². The molecule has 30 heavy (non-hydrogen) atoms. The Kier molecular flexibility index (Phi) is 5.56. The monoisotopic (exact) mass is 425 g/mol. The van der Waals surface area contributed by atoms with E-state index in [0.717, 1.165) is 36.8 Å². The van der Waals surface area contributed by atoms with Crippen molar-refractivity contribution in [2.75, 3.05) is 7.11 Å². The van der Waals surface area contributed by atoms with Crippen LogP contribution in [0.1, 0.15) is 48.4 Å². The number of carbonyl (C=O) groups is 2. The zero-order valence-electron chi connectivity index (χ0n) is 17.0. The lowest BCUT2D eigenvalue weighted by molar-refractivity contribution is -0.141. The van der Waals surface area contributed by atoms with Crippen LogP contribution >= 0.6 is 11.6 Å². The highest BCUT2D eigenvalue weighted by Gasteiger charge is 2.49. The number of benzene rings is 2. The lowest BCUT2D eigenvalue weighted by Gasteiger charge is -2.30. The summed E-state index contributed by atoms with van der Waals surface area (Å²) in [7, 11) is 1.58. The predicted molar refractivity (Wildman–Crippen MR) is 116 cm³/mol. The Balaban J connectivity index is 1.87. The largest absolute Gasteiger partial charge is 0.507 e. The number of nitrogens with zero attached hydrogens (tertiary/aromatic N) is 1. The van der Waals surface area contributed by atoms with Gasteiger partial charge in [0.1, 0.15) is 11.5 Å². The third-order valence-electron chi connectivity index (χ3n) is 6.05. The normalized spacial score (nSPS) is 21.4. The molecule has 0 spiro atoms. The molecule has 1 heterocycles. The minimum atomic E-state index is -0.646. The quantitative estimate of drug-likeness (QED) is 0.424. The van der Waals surface area contributed by atoms with Crippen molar-refractivity contribution in [3.05, 3.63) is 69.8 Å². The van der Waals surface area contributed by atoms with Gasteiger partial charge in [-0.1, -0.05) is 36.6 Å². The van der Waals surface area contributed by atoms with Gasteiger partial charge in [0.05, 0.1) is 18.7 Å². The number of amides is 1. The third-order valence-corrected chi connectivity index (χ3v) is 6.30. The molecule has 156 valence electrons. The molecule has 1 N–H and O–H groups in total. The number of halogens is 1. The van der Waals surface area contributed by atoms with Gasteiger partial charge in [-0.25, -0.2) is 0 Å². The number of likely N-dealkylation sites (tertiary alicyclic amines) is 1. The van der Waals surface area contributed by atoms with Crippen molar-refractivity contribution in [2.24, 2.45) is 0 Å². The molecule has 5 nitrogen and oxygen atoms in total. The number of ether oxygens (including phenoxy) is 1. The van der Waals surface area contributed by atoms with Crippen LogP contribution in [-0.2, 0) is 9.59 Å². The van der Waals surface area contributed by atoms with E-state index in [0.29, 0.717) is 16.3 Å². The summed E-state index contributed by atoms with van der Waals surface area (Å²) in [6, 6.07) is 11.7. The minimum Gasteiger partial charge on any atom is -0.507 e. The van der Waals surface area contributed by atoms with E-state index in [4.69, 9.17) is 16.3 Å². The van der Waals surface area contributed by atoms with Gasteiger partial charge in [0.2, 0.25) is 0 Å². The summed E-state index contributed by atoms with van der Waals surface area (Å²) in [5.74, 6) is -0.673. The second kappa shape index (κ2) is 8.15. The van der Waals surface area contributed by atoms with Crippen LogP contribution < -0.4 is 4.74 Å². The Bertz CT molecular complexity index is 1020. The molecule has 1 saturated heterocycles. The lowest BCUT2D eigenvalue weighted by atomic mass is 9.94. The molecule has 2 aliphatic rings. The van der Waals surface area contributed by atoms with Crippen molar-refractivity contribution in [3.8, 4) is 5.75 Å². The summed E-state index contributed by atoms with van der Waals surface area (Å²) in [6.07, 6.45) is 3.77. The third kappa shape index (κ3) is 3.47. The summed E-state index contributed by atoms with van der Waals surface area (Å²) in [4.78, 5) is 27.8. The number of Topliss-reactive ketones (excluding diaryl/α,β-unsaturated/α-hetero) is 1. The van der Waals surface area contributed by atoms with E-state index < -0.39 is 17.7 Å². The highest BCUT2D eigenvalue weighted by Crippen LogP contribution is 2.43. The fourth-order valence-corrected chi connectivity index (χ4v) is 4.69. The number of methoxy groups -OCH3 is 1. The van der Waals surface area contributed by atoms with Crippen molar-refractivity contribution < 1.29 is 19.4 Å². The smallest absolute Gasteiger partial charge is 0.295 e. The van der Waals surface area contributed by atoms with Gasteiger partial charge in [0.15, 0.2) is 0 Å². The van der Waals surface area contributed by atoms with E-state index in [1.807, 2.05) is 19.1 Å². The summed E-state index contributed by atoms with van der Waals surface area (Å²) in [5, 5.41) is 11.7. The number of ketones is 1. The average Bonchev–Trinajstić information content (AvgIpc) is 3.35. The highest BCUT2D eigenvalue weighted by molar-refractivity contribution is 6.46. The number of hydrogen-bond donors (Lipinski definition) is 1. The first kappa shape index (κ1) is 20.5. The van der Waals surface area contributed by atoms with Gasteiger partial charge in [-0.05, 0) is 61.2 Å². The standard InChI is InChI=1S/C24H24ClNO4/c1-14-13-16(9-12-19(14)30-2)22(27)20-21(15-7-10-17(25)11-8-15)26(24(29)23(20)28)18-5-3-4-6-18/h7-13,18,21,27H,3-6H2,1-2H3/b22-20-. The maximum Gasteiger partial charge on any atom is 0.295 e. The van der Waals surface area contributed by atoms with Gasteiger partial charge < -0.3 is 14.7 Å². The van der Waals surface area contributed by atoms with Crippen molar-refractivity contribution in [1.82, 2.24) is 4.90 Å². The van der Waals surface area contributed by atoms with Gasteiger partial charge in [-0.3, -0.25) is 9.59 Å². The molecule has 1 atom stereocenters. The number of aliphatic hydroxyl groups is 1. The molecule has 0 radical (unpaired) electrons. The van der Waals surface area contributed by atoms with Crippen molar-refractivity contribution >= 4 is 29.1 Å². The summed E-state index contributed by atoms with van der Waals surface area (Å²) in [5.41, 5.74) is 2.20. The first-order chi connectivity index (χ1) is 14.4. The molecule has 0 bridgehead atoms. The van der Waals surface area contributed by atoms with Crippen LogP contribution in [-0.4, -0.2) is 34.8 Å². The first-order valence-electron chi connectivity index (χ1n) is 10.1. The zero-order chi connectivity index (χ0) is 21.4. The topological polar surface area (TPSA) is 66.8 Å². The van der Waals surface area contributed by atoms with E-state index >= 15 is 0 Å². The lowest BCUT2D eigenvalue weighted by Crippen LogP contribution is -2.37. The summed E-state index contributed by atoms with van der Waals surface area (Å²) < 4.78 is 5.29. The van der Waals surface area contributed by atoms with Crippen LogP contribution in [0.4, 0.5) is 0 Å². The summed E-state index contributed by atoms with van der Waals surface area (Å²) in [6.45, 7) is 1.86. The fourth-order valence-electron chi connectivity index (χ4n) is 4.56. The average molecular weight is 426 g/mol. The van der Waals surface area contributed by atoms with Gasteiger partial charge in [0.25, 0.3) is 11.7 Å². The maximum absolute atomic E-state index is 13.1. The molecule has 1 amide bonds. The molecule has 2 fully saturated rings. The molecule has 0 aromatic heterocycles. The Morgan fingerprint density at radius 3 is 2.37 bits per heavy atom. The maximum atomic E-state index is 13.1. The molecule has 2 aromatic rings. The van der Waals surface area contributed by atoms with E-state index in [1.54, 1.807) is 42.3 Å². The zero-order valence-corrected chi connectivity index (χ0v) is 17.8. The molecular weight excluding hydrogens is 402 g/mol. The van der Waals surface area contributed by atoms with E-state index in [-0.39, 0.29) is 17.4 Å². The number of carbonyl (C=O) groups excluding carboxylic acids is 2. The molecule has 6 heteroatoms. The van der Waals surface area contributed by atoms with Gasteiger partial charge in [-0.15, -0.1) is 0 Å². The Labute approximate surface area is 180 Å². The molecule has 1 saturated carbocycles. The molecule has 2 aromatic carbocycles. The molecular formula is C24H24ClNO4. The van der Waals surface area contributed by atoms with Crippen LogP contribution in [0.15, 0.2) is 48.0 Å². The Hall–Kier alpha value is -2.79.